The Balaban J connectivity index is 2.06. The van der Waals surface area contributed by atoms with Crippen LogP contribution in [0.4, 0.5) is 0 Å². The van der Waals surface area contributed by atoms with Crippen LogP contribution in [0, 0.1) is 11.3 Å². The van der Waals surface area contributed by atoms with Crippen molar-refractivity contribution in [3.8, 4) is 0 Å². The minimum absolute atomic E-state index is 0.0589. The van der Waals surface area contributed by atoms with E-state index in [-0.39, 0.29) is 23.3 Å². The van der Waals surface area contributed by atoms with E-state index < -0.39 is 0 Å². The highest BCUT2D eigenvalue weighted by molar-refractivity contribution is 5.75. The van der Waals surface area contributed by atoms with E-state index in [9.17, 15) is 4.79 Å². The van der Waals surface area contributed by atoms with Crippen molar-refractivity contribution >= 4 is 5.97 Å². The van der Waals surface area contributed by atoms with E-state index in [2.05, 4.69) is 0 Å². The molecule has 3 heteroatoms. The van der Waals surface area contributed by atoms with Crippen molar-refractivity contribution < 1.29 is 9.53 Å². The standard InChI is InChI=1S/C9H15NO2/c1-12-8(11)6-5-7(10)9(6)3-2-4-9/h6-7H,2-5,10H2,1H3/t6-,7-/m0/s1. The molecule has 2 atom stereocenters. The number of rotatable bonds is 1. The van der Waals surface area contributed by atoms with E-state index >= 15 is 0 Å². The van der Waals surface area contributed by atoms with E-state index in [0.717, 1.165) is 19.3 Å². The number of esters is 1. The zero-order chi connectivity index (χ0) is 8.77. The molecule has 2 N–H and O–H groups in total. The third-order valence-electron chi connectivity index (χ3n) is 3.69. The van der Waals surface area contributed by atoms with Crippen molar-refractivity contribution in [3.05, 3.63) is 0 Å². The summed E-state index contributed by atoms with van der Waals surface area (Å²) in [7, 11) is 1.46. The largest absolute Gasteiger partial charge is 0.469 e. The van der Waals surface area contributed by atoms with E-state index in [4.69, 9.17) is 10.5 Å². The second kappa shape index (κ2) is 2.46. The number of hydrogen-bond acceptors (Lipinski definition) is 3. The molecule has 0 aromatic heterocycles. The molecular formula is C9H15NO2. The Hall–Kier alpha value is -0.570. The maximum Gasteiger partial charge on any atom is 0.309 e. The van der Waals surface area contributed by atoms with Gasteiger partial charge in [-0.05, 0) is 24.7 Å². The third kappa shape index (κ3) is 0.774. The van der Waals surface area contributed by atoms with Gasteiger partial charge in [0.2, 0.25) is 0 Å². The molecule has 0 aliphatic heterocycles. The lowest BCUT2D eigenvalue weighted by atomic mass is 9.47. The Morgan fingerprint density at radius 2 is 2.25 bits per heavy atom. The lowest BCUT2D eigenvalue weighted by Crippen LogP contribution is -2.63. The average Bonchev–Trinajstić information content (AvgIpc) is 1.95. The van der Waals surface area contributed by atoms with Crippen LogP contribution in [-0.4, -0.2) is 19.1 Å². The Bertz CT molecular complexity index is 211. The summed E-state index contributed by atoms with van der Waals surface area (Å²) < 4.78 is 4.74. The number of nitrogens with two attached hydrogens (primary N) is 1. The molecule has 12 heavy (non-hydrogen) atoms. The van der Waals surface area contributed by atoms with Crippen LogP contribution >= 0.6 is 0 Å². The number of hydrogen-bond donors (Lipinski definition) is 1. The van der Waals surface area contributed by atoms with Crippen LogP contribution in [0.5, 0.6) is 0 Å². The fraction of sp³-hybridized carbons (Fsp3) is 0.889. The van der Waals surface area contributed by atoms with Gasteiger partial charge in [-0.1, -0.05) is 6.42 Å². The van der Waals surface area contributed by atoms with Crippen molar-refractivity contribution in [1.82, 2.24) is 0 Å². The topological polar surface area (TPSA) is 52.3 Å². The normalized spacial score (nSPS) is 36.8. The molecule has 0 aromatic carbocycles. The summed E-state index contributed by atoms with van der Waals surface area (Å²) in [5.74, 6) is 0.0441. The maximum atomic E-state index is 11.3. The lowest BCUT2D eigenvalue weighted by molar-refractivity contribution is -0.168. The molecule has 0 heterocycles. The lowest BCUT2D eigenvalue weighted by Gasteiger charge is -2.58. The monoisotopic (exact) mass is 169 g/mol. The number of carbonyl (C=O) groups excluding carboxylic acids is 1. The predicted octanol–water partition coefficient (Wildman–Crippen LogP) is 0.677. The van der Waals surface area contributed by atoms with Gasteiger partial charge in [0.05, 0.1) is 13.0 Å². The van der Waals surface area contributed by atoms with Gasteiger partial charge in [-0.25, -0.2) is 0 Å². The Morgan fingerprint density at radius 3 is 2.58 bits per heavy atom. The molecule has 2 saturated carbocycles. The predicted molar refractivity (Wildman–Crippen MR) is 44.4 cm³/mol. The molecular weight excluding hydrogens is 154 g/mol. The summed E-state index contributed by atoms with van der Waals surface area (Å²) in [6, 6.07) is 0.246. The smallest absolute Gasteiger partial charge is 0.309 e. The van der Waals surface area contributed by atoms with Crippen molar-refractivity contribution in [1.29, 1.82) is 0 Å². The molecule has 2 aliphatic rings. The number of carbonyl (C=O) groups is 1. The van der Waals surface area contributed by atoms with Crippen molar-refractivity contribution in [2.45, 2.75) is 31.7 Å². The molecule has 0 unspecified atom stereocenters. The highest BCUT2D eigenvalue weighted by Gasteiger charge is 2.59. The first kappa shape index (κ1) is 8.05. The van der Waals surface area contributed by atoms with Crippen LogP contribution in [0.3, 0.4) is 0 Å². The summed E-state index contributed by atoms with van der Waals surface area (Å²) >= 11 is 0. The Morgan fingerprint density at radius 1 is 1.58 bits per heavy atom. The molecule has 2 aliphatic carbocycles. The van der Waals surface area contributed by atoms with Gasteiger partial charge in [0.15, 0.2) is 0 Å². The molecule has 68 valence electrons. The van der Waals surface area contributed by atoms with E-state index in [1.54, 1.807) is 0 Å². The highest BCUT2D eigenvalue weighted by atomic mass is 16.5. The third-order valence-corrected chi connectivity index (χ3v) is 3.69. The molecule has 0 radical (unpaired) electrons. The molecule has 2 rings (SSSR count). The summed E-state index contributed by atoms with van der Waals surface area (Å²) in [6.45, 7) is 0. The minimum Gasteiger partial charge on any atom is -0.469 e. The van der Waals surface area contributed by atoms with Gasteiger partial charge in [-0.15, -0.1) is 0 Å². The second-order valence-corrected chi connectivity index (χ2v) is 4.00. The van der Waals surface area contributed by atoms with Gasteiger partial charge in [-0.3, -0.25) is 4.79 Å². The number of ether oxygens (including phenoxy) is 1. The van der Waals surface area contributed by atoms with Crippen molar-refractivity contribution in [3.63, 3.8) is 0 Å². The molecule has 0 saturated heterocycles. The first-order chi connectivity index (χ1) is 5.70. The SMILES string of the molecule is COC(=O)[C@@H]1C[C@H](N)C12CCC2. The summed E-state index contributed by atoms with van der Waals surface area (Å²) in [6.07, 6.45) is 4.29. The van der Waals surface area contributed by atoms with Crippen LogP contribution in [0.15, 0.2) is 0 Å². The molecule has 1 spiro atoms. The van der Waals surface area contributed by atoms with Gasteiger partial charge >= 0.3 is 5.97 Å². The van der Waals surface area contributed by atoms with Gasteiger partial charge in [0.25, 0.3) is 0 Å². The molecule has 0 aromatic rings. The van der Waals surface area contributed by atoms with E-state index in [0.29, 0.717) is 0 Å². The van der Waals surface area contributed by atoms with Crippen LogP contribution in [-0.2, 0) is 9.53 Å². The average molecular weight is 169 g/mol. The zero-order valence-electron chi connectivity index (χ0n) is 7.38. The van der Waals surface area contributed by atoms with E-state index in [1.807, 2.05) is 0 Å². The summed E-state index contributed by atoms with van der Waals surface area (Å²) in [5.41, 5.74) is 6.04. The first-order valence-corrected chi connectivity index (χ1v) is 4.54. The van der Waals surface area contributed by atoms with Gasteiger partial charge in [0.1, 0.15) is 0 Å². The first-order valence-electron chi connectivity index (χ1n) is 4.54. The van der Waals surface area contributed by atoms with Crippen LogP contribution in [0.25, 0.3) is 0 Å². The maximum absolute atomic E-state index is 11.3. The van der Waals surface area contributed by atoms with Gasteiger partial charge in [0, 0.05) is 6.04 Å². The molecule has 2 fully saturated rings. The molecule has 0 bridgehead atoms. The fourth-order valence-electron chi connectivity index (χ4n) is 2.60. The van der Waals surface area contributed by atoms with Crippen LogP contribution in [0.2, 0.25) is 0 Å². The van der Waals surface area contributed by atoms with Crippen LogP contribution < -0.4 is 5.73 Å². The second-order valence-electron chi connectivity index (χ2n) is 4.00. The number of methoxy groups -OCH3 is 1. The van der Waals surface area contributed by atoms with Gasteiger partial charge in [-0.2, -0.15) is 0 Å². The minimum atomic E-state index is -0.0589. The Labute approximate surface area is 72.3 Å². The summed E-state index contributed by atoms with van der Waals surface area (Å²) in [4.78, 5) is 11.3. The summed E-state index contributed by atoms with van der Waals surface area (Å²) in [5, 5.41) is 0. The Kier molecular flexibility index (Phi) is 1.65. The van der Waals surface area contributed by atoms with Crippen molar-refractivity contribution in [2.75, 3.05) is 7.11 Å². The van der Waals surface area contributed by atoms with Crippen molar-refractivity contribution in [2.24, 2.45) is 17.1 Å². The highest BCUT2D eigenvalue weighted by Crippen LogP contribution is 2.59. The molecule has 3 nitrogen and oxygen atoms in total. The van der Waals surface area contributed by atoms with E-state index in [1.165, 1.54) is 13.5 Å². The zero-order valence-corrected chi connectivity index (χ0v) is 7.38. The van der Waals surface area contributed by atoms with Gasteiger partial charge < -0.3 is 10.5 Å². The fourth-order valence-corrected chi connectivity index (χ4v) is 2.60. The quantitative estimate of drug-likeness (QED) is 0.587. The molecule has 0 amide bonds. The van der Waals surface area contributed by atoms with Crippen LogP contribution in [0.1, 0.15) is 25.7 Å².